The van der Waals surface area contributed by atoms with Crippen LogP contribution in [0.3, 0.4) is 0 Å². The van der Waals surface area contributed by atoms with E-state index in [2.05, 4.69) is 23.8 Å². The number of hydrogen-bond donors (Lipinski definition) is 0. The first kappa shape index (κ1) is 18.0. The van der Waals surface area contributed by atoms with Crippen molar-refractivity contribution in [2.45, 2.75) is 39.7 Å². The van der Waals surface area contributed by atoms with Gasteiger partial charge in [-0.1, -0.05) is 32.0 Å². The standard InChI is InChI=1S/C21H24N4O/c1-13(2)20-22-11-15(12-23-20)19-10-17(21(26)25(5)14(3)4)16-8-6-7-9-18(16)24-19/h6-14H,1-5H3. The van der Waals surface area contributed by atoms with Gasteiger partial charge >= 0.3 is 0 Å². The molecule has 0 atom stereocenters. The molecule has 0 N–H and O–H groups in total. The molecule has 0 aliphatic rings. The normalized spacial score (nSPS) is 11.3. The molecule has 0 spiro atoms. The fourth-order valence-corrected chi connectivity index (χ4v) is 2.69. The Balaban J connectivity index is 2.14. The zero-order valence-electron chi connectivity index (χ0n) is 15.9. The van der Waals surface area contributed by atoms with Crippen molar-refractivity contribution >= 4 is 16.8 Å². The van der Waals surface area contributed by atoms with Crippen LogP contribution < -0.4 is 0 Å². The summed E-state index contributed by atoms with van der Waals surface area (Å²) in [5, 5.41) is 0.855. The zero-order chi connectivity index (χ0) is 18.8. The summed E-state index contributed by atoms with van der Waals surface area (Å²) < 4.78 is 0. The number of benzene rings is 1. The van der Waals surface area contributed by atoms with Gasteiger partial charge in [-0.3, -0.25) is 4.79 Å². The number of carbonyl (C=O) groups excluding carboxylic acids is 1. The van der Waals surface area contributed by atoms with Gasteiger partial charge < -0.3 is 4.90 Å². The molecule has 0 aliphatic heterocycles. The zero-order valence-corrected chi connectivity index (χ0v) is 15.9. The number of rotatable bonds is 4. The molecule has 0 fully saturated rings. The number of hydrogen-bond acceptors (Lipinski definition) is 4. The number of amides is 1. The highest BCUT2D eigenvalue weighted by Crippen LogP contribution is 2.26. The van der Waals surface area contributed by atoms with E-state index in [9.17, 15) is 4.79 Å². The highest BCUT2D eigenvalue weighted by atomic mass is 16.2. The Kier molecular flexibility index (Phi) is 4.98. The van der Waals surface area contributed by atoms with Crippen LogP contribution in [0.15, 0.2) is 42.7 Å². The molecule has 5 heteroatoms. The molecule has 1 aromatic carbocycles. The predicted molar refractivity (Wildman–Crippen MR) is 104 cm³/mol. The minimum Gasteiger partial charge on any atom is -0.339 e. The average Bonchev–Trinajstić information content (AvgIpc) is 2.65. The summed E-state index contributed by atoms with van der Waals surface area (Å²) >= 11 is 0. The monoisotopic (exact) mass is 348 g/mol. The predicted octanol–water partition coefficient (Wildman–Crippen LogP) is 4.30. The molecule has 0 unspecified atom stereocenters. The van der Waals surface area contributed by atoms with Crippen molar-refractivity contribution in [1.82, 2.24) is 19.9 Å². The molecule has 2 heterocycles. The third kappa shape index (κ3) is 3.43. The van der Waals surface area contributed by atoms with Gasteiger partial charge in [-0.25, -0.2) is 15.0 Å². The number of carbonyl (C=O) groups is 1. The van der Waals surface area contributed by atoms with Crippen molar-refractivity contribution in [3.63, 3.8) is 0 Å². The Hall–Kier alpha value is -2.82. The molecule has 0 bridgehead atoms. The molecule has 3 aromatic rings. The third-order valence-electron chi connectivity index (χ3n) is 4.53. The van der Waals surface area contributed by atoms with Crippen LogP contribution in [0.5, 0.6) is 0 Å². The van der Waals surface area contributed by atoms with Crippen LogP contribution in [-0.4, -0.2) is 38.8 Å². The maximum Gasteiger partial charge on any atom is 0.254 e. The van der Waals surface area contributed by atoms with Gasteiger partial charge in [0.2, 0.25) is 0 Å². The number of nitrogens with zero attached hydrogens (tertiary/aromatic N) is 4. The molecule has 0 saturated carbocycles. The van der Waals surface area contributed by atoms with Crippen molar-refractivity contribution in [3.05, 3.63) is 54.1 Å². The molecule has 5 nitrogen and oxygen atoms in total. The van der Waals surface area contributed by atoms with Crippen LogP contribution in [0, 0.1) is 0 Å². The van der Waals surface area contributed by atoms with E-state index in [4.69, 9.17) is 4.98 Å². The highest BCUT2D eigenvalue weighted by molar-refractivity contribution is 6.07. The molecule has 0 aliphatic carbocycles. The van der Waals surface area contributed by atoms with Gasteiger partial charge in [0, 0.05) is 42.4 Å². The molecule has 134 valence electrons. The van der Waals surface area contributed by atoms with Gasteiger partial charge in [0.05, 0.1) is 16.8 Å². The molecular weight excluding hydrogens is 324 g/mol. The second kappa shape index (κ2) is 7.20. The van der Waals surface area contributed by atoms with Gasteiger partial charge in [0.1, 0.15) is 5.82 Å². The summed E-state index contributed by atoms with van der Waals surface area (Å²) in [5.74, 6) is 1.05. The van der Waals surface area contributed by atoms with Crippen LogP contribution in [0.2, 0.25) is 0 Å². The minimum atomic E-state index is -0.0143. The van der Waals surface area contributed by atoms with E-state index in [0.29, 0.717) is 11.3 Å². The molecule has 26 heavy (non-hydrogen) atoms. The van der Waals surface area contributed by atoms with E-state index >= 15 is 0 Å². The van der Waals surface area contributed by atoms with E-state index in [0.717, 1.165) is 22.3 Å². The summed E-state index contributed by atoms with van der Waals surface area (Å²) in [7, 11) is 1.82. The van der Waals surface area contributed by atoms with E-state index in [1.54, 1.807) is 17.3 Å². The Labute approximate surface area is 154 Å². The second-order valence-corrected chi connectivity index (χ2v) is 7.07. The number of aromatic nitrogens is 3. The lowest BCUT2D eigenvalue weighted by atomic mass is 10.0. The number of fused-ring (bicyclic) bond motifs is 1. The highest BCUT2D eigenvalue weighted by Gasteiger charge is 2.19. The topological polar surface area (TPSA) is 59.0 Å². The van der Waals surface area contributed by atoms with E-state index in [1.807, 2.05) is 51.2 Å². The third-order valence-corrected chi connectivity index (χ3v) is 4.53. The first-order valence-electron chi connectivity index (χ1n) is 8.87. The largest absolute Gasteiger partial charge is 0.339 e. The van der Waals surface area contributed by atoms with Gasteiger partial charge in [-0.05, 0) is 26.0 Å². The van der Waals surface area contributed by atoms with Gasteiger partial charge in [-0.15, -0.1) is 0 Å². The molecule has 0 saturated heterocycles. The molecule has 0 radical (unpaired) electrons. The summed E-state index contributed by atoms with van der Waals surface area (Å²) in [4.78, 5) is 28.3. The maximum absolute atomic E-state index is 13.0. The van der Waals surface area contributed by atoms with Crippen LogP contribution in [0.4, 0.5) is 0 Å². The Bertz CT molecular complexity index is 932. The molecule has 3 rings (SSSR count). The first-order valence-corrected chi connectivity index (χ1v) is 8.87. The summed E-state index contributed by atoms with van der Waals surface area (Å²) in [6, 6.07) is 9.68. The summed E-state index contributed by atoms with van der Waals surface area (Å²) in [6.07, 6.45) is 3.56. The van der Waals surface area contributed by atoms with Crippen LogP contribution in [0.1, 0.15) is 49.8 Å². The first-order chi connectivity index (χ1) is 12.4. The maximum atomic E-state index is 13.0. The van der Waals surface area contributed by atoms with Gasteiger partial charge in [-0.2, -0.15) is 0 Å². The lowest BCUT2D eigenvalue weighted by Gasteiger charge is -2.22. The van der Waals surface area contributed by atoms with Gasteiger partial charge in [0.25, 0.3) is 5.91 Å². The van der Waals surface area contributed by atoms with E-state index < -0.39 is 0 Å². The lowest BCUT2D eigenvalue weighted by molar-refractivity contribution is 0.0757. The van der Waals surface area contributed by atoms with E-state index in [-0.39, 0.29) is 17.9 Å². The molecule has 2 aromatic heterocycles. The minimum absolute atomic E-state index is 0.0143. The Morgan fingerprint density at radius 1 is 1.04 bits per heavy atom. The fraction of sp³-hybridized carbons (Fsp3) is 0.333. The Morgan fingerprint density at radius 3 is 2.31 bits per heavy atom. The second-order valence-electron chi connectivity index (χ2n) is 7.07. The van der Waals surface area contributed by atoms with E-state index in [1.165, 1.54) is 0 Å². The fourth-order valence-electron chi connectivity index (χ4n) is 2.69. The quantitative estimate of drug-likeness (QED) is 0.705. The van der Waals surface area contributed by atoms with Crippen molar-refractivity contribution in [2.75, 3.05) is 7.05 Å². The smallest absolute Gasteiger partial charge is 0.254 e. The van der Waals surface area contributed by atoms with Crippen molar-refractivity contribution in [2.24, 2.45) is 0 Å². The Morgan fingerprint density at radius 2 is 1.69 bits per heavy atom. The molecule has 1 amide bonds. The van der Waals surface area contributed by atoms with Crippen LogP contribution in [-0.2, 0) is 0 Å². The number of para-hydroxylation sites is 1. The average molecular weight is 348 g/mol. The summed E-state index contributed by atoms with van der Waals surface area (Å²) in [5.41, 5.74) is 2.95. The van der Waals surface area contributed by atoms with Crippen molar-refractivity contribution in [1.29, 1.82) is 0 Å². The number of pyridine rings is 1. The lowest BCUT2D eigenvalue weighted by Crippen LogP contribution is -2.33. The van der Waals surface area contributed by atoms with Crippen LogP contribution >= 0.6 is 0 Å². The van der Waals surface area contributed by atoms with Crippen LogP contribution in [0.25, 0.3) is 22.2 Å². The SMILES string of the molecule is CC(C)c1ncc(-c2cc(C(=O)N(C)C(C)C)c3ccccc3n2)cn1. The summed E-state index contributed by atoms with van der Waals surface area (Å²) in [6.45, 7) is 8.12. The van der Waals surface area contributed by atoms with Crippen molar-refractivity contribution in [3.8, 4) is 11.3 Å². The van der Waals surface area contributed by atoms with Crippen molar-refractivity contribution < 1.29 is 4.79 Å². The van der Waals surface area contributed by atoms with Gasteiger partial charge in [0.15, 0.2) is 0 Å². The molecular formula is C21H24N4O.